The highest BCUT2D eigenvalue weighted by molar-refractivity contribution is 5.96. The van der Waals surface area contributed by atoms with Crippen LogP contribution in [0, 0.1) is 11.3 Å². The molecule has 1 heterocycles. The van der Waals surface area contributed by atoms with Crippen molar-refractivity contribution in [2.45, 2.75) is 25.7 Å². The second kappa shape index (κ2) is 9.01. The fraction of sp³-hybridized carbons (Fsp3) is 0.227. The number of carbonyl (C=O) groups excluding carboxylic acids is 1. The van der Waals surface area contributed by atoms with Crippen LogP contribution in [-0.2, 0) is 6.54 Å². The molecule has 7 nitrogen and oxygen atoms in total. The Labute approximate surface area is 182 Å². The van der Waals surface area contributed by atoms with Gasteiger partial charge >= 0.3 is 6.18 Å². The third-order valence-electron chi connectivity index (χ3n) is 4.93. The minimum Gasteiger partial charge on any atom is -0.496 e. The molecule has 166 valence electrons. The standard InChI is InChI=1S/C22H20F3N5O2/c1-13(22(23,24)25)30-20(27)17(11-26)19(29-30)15-9-7-14(8-10-15)12-28-21(31)16-5-3-4-6-18(16)32-2/h3-10,13H,12,27H2,1-2H3,(H,28,31). The molecule has 3 aromatic rings. The molecule has 0 bridgehead atoms. The van der Waals surface area contributed by atoms with E-state index in [0.717, 1.165) is 12.5 Å². The molecule has 0 aliphatic heterocycles. The third-order valence-corrected chi connectivity index (χ3v) is 4.93. The number of hydrogen-bond donors (Lipinski definition) is 2. The molecular formula is C22H20F3N5O2. The number of methoxy groups -OCH3 is 1. The number of rotatable bonds is 6. The molecule has 0 radical (unpaired) electrons. The molecule has 0 saturated heterocycles. The monoisotopic (exact) mass is 443 g/mol. The van der Waals surface area contributed by atoms with Gasteiger partial charge in [-0.3, -0.25) is 4.79 Å². The summed E-state index contributed by atoms with van der Waals surface area (Å²) < 4.78 is 45.1. The highest BCUT2D eigenvalue weighted by atomic mass is 19.4. The number of aromatic nitrogens is 2. The summed E-state index contributed by atoms with van der Waals surface area (Å²) >= 11 is 0. The molecule has 32 heavy (non-hydrogen) atoms. The number of anilines is 1. The molecule has 1 unspecified atom stereocenters. The average molecular weight is 443 g/mol. The molecule has 1 aromatic heterocycles. The van der Waals surface area contributed by atoms with Gasteiger partial charge in [-0.05, 0) is 24.6 Å². The van der Waals surface area contributed by atoms with Crippen LogP contribution in [0.15, 0.2) is 48.5 Å². The van der Waals surface area contributed by atoms with E-state index in [4.69, 9.17) is 10.5 Å². The number of ether oxygens (including phenoxy) is 1. The normalized spacial score (nSPS) is 12.1. The number of benzene rings is 2. The van der Waals surface area contributed by atoms with E-state index in [1.807, 2.05) is 6.07 Å². The van der Waals surface area contributed by atoms with E-state index in [1.54, 1.807) is 48.5 Å². The Morgan fingerprint density at radius 3 is 2.50 bits per heavy atom. The molecule has 0 aliphatic carbocycles. The van der Waals surface area contributed by atoms with Gasteiger partial charge in [0.15, 0.2) is 0 Å². The summed E-state index contributed by atoms with van der Waals surface area (Å²) in [6.45, 7) is 1.13. The zero-order chi connectivity index (χ0) is 23.5. The lowest BCUT2D eigenvalue weighted by Gasteiger charge is -2.17. The topological polar surface area (TPSA) is 106 Å². The summed E-state index contributed by atoms with van der Waals surface area (Å²) in [7, 11) is 1.48. The van der Waals surface area contributed by atoms with Crippen LogP contribution < -0.4 is 15.8 Å². The number of hydrogen-bond acceptors (Lipinski definition) is 5. The Bertz CT molecular complexity index is 1160. The number of nitrogens with one attached hydrogen (secondary N) is 1. The highest BCUT2D eigenvalue weighted by Gasteiger charge is 2.40. The first-order valence-electron chi connectivity index (χ1n) is 9.52. The average Bonchev–Trinajstić information content (AvgIpc) is 3.12. The van der Waals surface area contributed by atoms with Crippen molar-refractivity contribution in [3.8, 4) is 23.1 Å². The number of para-hydroxylation sites is 1. The summed E-state index contributed by atoms with van der Waals surface area (Å²) in [6.07, 6.45) is -4.56. The summed E-state index contributed by atoms with van der Waals surface area (Å²) in [5.41, 5.74) is 7.26. The SMILES string of the molecule is COc1ccccc1C(=O)NCc1ccc(-c2nn(C(C)C(F)(F)F)c(N)c2C#N)cc1. The number of nitrogens with zero attached hydrogens (tertiary/aromatic N) is 3. The maximum Gasteiger partial charge on any atom is 0.410 e. The maximum absolute atomic E-state index is 13.1. The van der Waals surface area contributed by atoms with Gasteiger partial charge in [-0.25, -0.2) is 4.68 Å². The lowest BCUT2D eigenvalue weighted by Crippen LogP contribution is -2.25. The zero-order valence-corrected chi connectivity index (χ0v) is 17.3. The van der Waals surface area contributed by atoms with Crippen LogP contribution in [0.5, 0.6) is 5.75 Å². The number of nitrogens with two attached hydrogens (primary N) is 1. The molecule has 0 saturated carbocycles. The molecule has 3 rings (SSSR count). The number of amides is 1. The van der Waals surface area contributed by atoms with Crippen molar-refractivity contribution in [1.82, 2.24) is 15.1 Å². The highest BCUT2D eigenvalue weighted by Crippen LogP contribution is 2.35. The molecule has 3 N–H and O–H groups in total. The van der Waals surface area contributed by atoms with Crippen molar-refractivity contribution in [1.29, 1.82) is 5.26 Å². The van der Waals surface area contributed by atoms with Crippen LogP contribution in [0.4, 0.5) is 19.0 Å². The largest absolute Gasteiger partial charge is 0.496 e. The molecule has 1 amide bonds. The Morgan fingerprint density at radius 1 is 1.25 bits per heavy atom. The summed E-state index contributed by atoms with van der Waals surface area (Å²) in [4.78, 5) is 12.4. The smallest absolute Gasteiger partial charge is 0.410 e. The predicted octanol–water partition coefficient (Wildman–Crippen LogP) is 4.07. The maximum atomic E-state index is 13.1. The Hall–Kier alpha value is -4.00. The van der Waals surface area contributed by atoms with Gasteiger partial charge in [0.1, 0.15) is 34.9 Å². The second-order valence-electron chi connectivity index (χ2n) is 6.96. The van der Waals surface area contributed by atoms with Crippen molar-refractivity contribution in [3.05, 3.63) is 65.2 Å². The fourth-order valence-corrected chi connectivity index (χ4v) is 3.08. The summed E-state index contributed by atoms with van der Waals surface area (Å²) in [5.74, 6) is -0.211. The van der Waals surface area contributed by atoms with Crippen LogP contribution in [0.1, 0.15) is 34.5 Å². The summed E-state index contributed by atoms with van der Waals surface area (Å²) in [6, 6.07) is 13.2. The number of nitriles is 1. The van der Waals surface area contributed by atoms with Gasteiger partial charge in [-0.2, -0.15) is 23.5 Å². The number of alkyl halides is 3. The van der Waals surface area contributed by atoms with Gasteiger partial charge in [0, 0.05) is 12.1 Å². The minimum atomic E-state index is -4.56. The van der Waals surface area contributed by atoms with E-state index in [9.17, 15) is 23.2 Å². The number of halogens is 3. The molecule has 10 heteroatoms. The fourth-order valence-electron chi connectivity index (χ4n) is 3.08. The summed E-state index contributed by atoms with van der Waals surface area (Å²) in [5, 5.41) is 16.1. The van der Waals surface area contributed by atoms with Crippen LogP contribution in [0.25, 0.3) is 11.3 Å². The molecule has 2 aromatic carbocycles. The van der Waals surface area contributed by atoms with Crippen LogP contribution in [0.2, 0.25) is 0 Å². The molecule has 1 atom stereocenters. The first kappa shape index (κ1) is 22.7. The van der Waals surface area contributed by atoms with Crippen molar-refractivity contribution in [2.75, 3.05) is 12.8 Å². The Balaban J connectivity index is 1.79. The third kappa shape index (κ3) is 4.51. The van der Waals surface area contributed by atoms with Gasteiger partial charge in [0.25, 0.3) is 5.91 Å². The van der Waals surface area contributed by atoms with Gasteiger partial charge in [0.2, 0.25) is 0 Å². The van der Waals surface area contributed by atoms with Crippen molar-refractivity contribution >= 4 is 11.7 Å². The van der Waals surface area contributed by atoms with Crippen LogP contribution in [0.3, 0.4) is 0 Å². The minimum absolute atomic E-state index is 0.0608. The van der Waals surface area contributed by atoms with Crippen molar-refractivity contribution < 1.29 is 22.7 Å². The van der Waals surface area contributed by atoms with Gasteiger partial charge in [0.05, 0.1) is 12.7 Å². The van der Waals surface area contributed by atoms with E-state index in [0.29, 0.717) is 21.6 Å². The number of carbonyl (C=O) groups is 1. The zero-order valence-electron chi connectivity index (χ0n) is 17.3. The molecule has 0 aliphatic rings. The van der Waals surface area contributed by atoms with E-state index in [2.05, 4.69) is 10.4 Å². The van der Waals surface area contributed by atoms with Gasteiger partial charge in [-0.1, -0.05) is 36.4 Å². The van der Waals surface area contributed by atoms with Gasteiger partial charge < -0.3 is 15.8 Å². The van der Waals surface area contributed by atoms with Crippen molar-refractivity contribution in [3.63, 3.8) is 0 Å². The van der Waals surface area contributed by atoms with Crippen molar-refractivity contribution in [2.24, 2.45) is 0 Å². The lowest BCUT2D eigenvalue weighted by molar-refractivity contribution is -0.164. The quantitative estimate of drug-likeness (QED) is 0.598. The van der Waals surface area contributed by atoms with E-state index in [1.165, 1.54) is 7.11 Å². The van der Waals surface area contributed by atoms with Gasteiger partial charge in [-0.15, -0.1) is 0 Å². The van der Waals surface area contributed by atoms with Crippen LogP contribution in [-0.4, -0.2) is 29.0 Å². The van der Waals surface area contributed by atoms with E-state index in [-0.39, 0.29) is 29.5 Å². The number of nitrogen functional groups attached to an aromatic ring is 1. The van der Waals surface area contributed by atoms with Crippen LogP contribution >= 0.6 is 0 Å². The molecule has 0 spiro atoms. The first-order chi connectivity index (χ1) is 15.2. The Morgan fingerprint density at radius 2 is 1.91 bits per heavy atom. The first-order valence-corrected chi connectivity index (χ1v) is 9.52. The second-order valence-corrected chi connectivity index (χ2v) is 6.96. The molecule has 0 fully saturated rings. The van der Waals surface area contributed by atoms with E-state index < -0.39 is 12.2 Å². The predicted molar refractivity (Wildman–Crippen MR) is 112 cm³/mol. The molecular weight excluding hydrogens is 423 g/mol. The van der Waals surface area contributed by atoms with E-state index >= 15 is 0 Å². The lowest BCUT2D eigenvalue weighted by atomic mass is 10.1. The Kier molecular flexibility index (Phi) is 6.39.